The second-order valence-electron chi connectivity index (χ2n) is 7.13. The zero-order valence-electron chi connectivity index (χ0n) is 12.4. The first-order valence-electron chi connectivity index (χ1n) is 7.34. The van der Waals surface area contributed by atoms with Crippen LogP contribution in [0.2, 0.25) is 0 Å². The highest BCUT2D eigenvalue weighted by molar-refractivity contribution is 5.28. The van der Waals surface area contributed by atoms with E-state index < -0.39 is 0 Å². The first kappa shape index (κ1) is 14.5. The second-order valence-corrected chi connectivity index (χ2v) is 7.13. The maximum absolute atomic E-state index is 13.4. The minimum atomic E-state index is -0.160. The smallest absolute Gasteiger partial charge is 0.123 e. The van der Waals surface area contributed by atoms with E-state index in [2.05, 4.69) is 13.8 Å². The number of aryl methyl sites for hydroxylation is 1. The number of hydrogen-bond acceptors (Lipinski definition) is 1. The summed E-state index contributed by atoms with van der Waals surface area (Å²) in [4.78, 5) is 0. The quantitative estimate of drug-likeness (QED) is 0.788. The van der Waals surface area contributed by atoms with E-state index in [4.69, 9.17) is 5.73 Å². The Labute approximate surface area is 116 Å². The van der Waals surface area contributed by atoms with Crippen molar-refractivity contribution < 1.29 is 4.39 Å². The van der Waals surface area contributed by atoms with Gasteiger partial charge in [0, 0.05) is 5.54 Å². The van der Waals surface area contributed by atoms with Crippen LogP contribution in [0.3, 0.4) is 0 Å². The molecule has 0 aliphatic heterocycles. The molecule has 1 aliphatic rings. The van der Waals surface area contributed by atoms with Gasteiger partial charge in [0.15, 0.2) is 0 Å². The highest BCUT2D eigenvalue weighted by Gasteiger charge is 2.32. The molecule has 2 heteroatoms. The van der Waals surface area contributed by atoms with Crippen molar-refractivity contribution in [2.45, 2.75) is 64.8 Å². The molecule has 0 spiro atoms. The number of nitrogens with two attached hydrogens (primary N) is 1. The van der Waals surface area contributed by atoms with Gasteiger partial charge in [-0.1, -0.05) is 26.3 Å². The van der Waals surface area contributed by atoms with Gasteiger partial charge in [0.2, 0.25) is 0 Å². The van der Waals surface area contributed by atoms with Gasteiger partial charge in [-0.05, 0) is 67.7 Å². The number of hydrogen-bond donors (Lipinski definition) is 1. The molecule has 1 nitrogen and oxygen atoms in total. The van der Waals surface area contributed by atoms with Crippen molar-refractivity contribution in [3.8, 4) is 0 Å². The van der Waals surface area contributed by atoms with Crippen LogP contribution in [0.5, 0.6) is 0 Å². The Bertz CT molecular complexity index is 453. The monoisotopic (exact) mass is 263 g/mol. The Morgan fingerprint density at radius 1 is 1.16 bits per heavy atom. The molecule has 19 heavy (non-hydrogen) atoms. The average molecular weight is 263 g/mol. The van der Waals surface area contributed by atoms with E-state index in [1.54, 1.807) is 6.07 Å². The molecule has 0 bridgehead atoms. The third kappa shape index (κ3) is 3.79. The molecule has 0 aromatic heterocycles. The summed E-state index contributed by atoms with van der Waals surface area (Å²) in [6.07, 6.45) is 6.47. The molecule has 0 heterocycles. The molecule has 0 amide bonds. The van der Waals surface area contributed by atoms with Crippen LogP contribution in [0.1, 0.15) is 57.1 Å². The predicted octanol–water partition coefficient (Wildman–Crippen LogP) is 4.36. The molecular weight excluding hydrogens is 237 g/mol. The number of halogens is 1. The van der Waals surface area contributed by atoms with Crippen molar-refractivity contribution in [1.29, 1.82) is 0 Å². The van der Waals surface area contributed by atoms with Crippen LogP contribution in [-0.2, 0) is 6.42 Å². The lowest BCUT2D eigenvalue weighted by atomic mass is 9.81. The van der Waals surface area contributed by atoms with Crippen molar-refractivity contribution in [3.05, 3.63) is 35.1 Å². The summed E-state index contributed by atoms with van der Waals surface area (Å²) < 4.78 is 13.4. The first-order valence-corrected chi connectivity index (χ1v) is 7.34. The summed E-state index contributed by atoms with van der Waals surface area (Å²) >= 11 is 0. The third-order valence-electron chi connectivity index (χ3n) is 4.68. The molecule has 1 aromatic carbocycles. The minimum absolute atomic E-state index is 0.154. The van der Waals surface area contributed by atoms with E-state index in [1.807, 2.05) is 13.0 Å². The van der Waals surface area contributed by atoms with Crippen LogP contribution < -0.4 is 5.73 Å². The van der Waals surface area contributed by atoms with Crippen LogP contribution in [0.15, 0.2) is 18.2 Å². The molecule has 1 aliphatic carbocycles. The normalized spacial score (nSPS) is 27.0. The van der Waals surface area contributed by atoms with Gasteiger partial charge in [0.1, 0.15) is 5.82 Å². The maximum Gasteiger partial charge on any atom is 0.123 e. The standard InChI is InChI=1S/C17H26FN/c1-13-5-6-15(18)11-14(13)12-17(19)8-4-7-16(2,3)9-10-17/h5-6,11H,4,7-10,12,19H2,1-3H3. The van der Waals surface area contributed by atoms with Gasteiger partial charge in [-0.2, -0.15) is 0 Å². The average Bonchev–Trinajstić information content (AvgIpc) is 2.44. The first-order chi connectivity index (χ1) is 8.80. The Morgan fingerprint density at radius 3 is 2.63 bits per heavy atom. The van der Waals surface area contributed by atoms with Gasteiger partial charge in [0.05, 0.1) is 0 Å². The van der Waals surface area contributed by atoms with E-state index in [1.165, 1.54) is 18.9 Å². The topological polar surface area (TPSA) is 26.0 Å². The van der Waals surface area contributed by atoms with Gasteiger partial charge < -0.3 is 5.73 Å². The fourth-order valence-corrected chi connectivity index (χ4v) is 3.14. The molecular formula is C17H26FN. The van der Waals surface area contributed by atoms with Crippen molar-refractivity contribution in [3.63, 3.8) is 0 Å². The highest BCUT2D eigenvalue weighted by atomic mass is 19.1. The molecule has 1 saturated carbocycles. The zero-order valence-corrected chi connectivity index (χ0v) is 12.4. The molecule has 106 valence electrons. The van der Waals surface area contributed by atoms with Gasteiger partial charge in [0.25, 0.3) is 0 Å². The summed E-state index contributed by atoms with van der Waals surface area (Å²) in [5, 5.41) is 0. The second kappa shape index (κ2) is 5.24. The van der Waals surface area contributed by atoms with Crippen LogP contribution in [0.25, 0.3) is 0 Å². The summed E-state index contributed by atoms with van der Waals surface area (Å²) in [5.41, 5.74) is 9.07. The van der Waals surface area contributed by atoms with Gasteiger partial charge in [-0.3, -0.25) is 0 Å². The lowest BCUT2D eigenvalue weighted by molar-refractivity contribution is 0.297. The number of benzene rings is 1. The third-order valence-corrected chi connectivity index (χ3v) is 4.68. The molecule has 0 saturated heterocycles. The Morgan fingerprint density at radius 2 is 1.89 bits per heavy atom. The lowest BCUT2D eigenvalue weighted by Gasteiger charge is -2.30. The molecule has 1 unspecified atom stereocenters. The summed E-state index contributed by atoms with van der Waals surface area (Å²) in [7, 11) is 0. The molecule has 2 N–H and O–H groups in total. The van der Waals surface area contributed by atoms with Gasteiger partial charge in [-0.15, -0.1) is 0 Å². The summed E-state index contributed by atoms with van der Waals surface area (Å²) in [6.45, 7) is 6.69. The van der Waals surface area contributed by atoms with Crippen molar-refractivity contribution >= 4 is 0 Å². The fraction of sp³-hybridized carbons (Fsp3) is 0.647. The van der Waals surface area contributed by atoms with E-state index >= 15 is 0 Å². The van der Waals surface area contributed by atoms with E-state index in [0.29, 0.717) is 5.41 Å². The van der Waals surface area contributed by atoms with Crippen molar-refractivity contribution in [1.82, 2.24) is 0 Å². The van der Waals surface area contributed by atoms with Crippen LogP contribution in [-0.4, -0.2) is 5.54 Å². The molecule has 1 fully saturated rings. The van der Waals surface area contributed by atoms with Gasteiger partial charge in [-0.25, -0.2) is 4.39 Å². The maximum atomic E-state index is 13.4. The SMILES string of the molecule is Cc1ccc(F)cc1CC1(N)CCCC(C)(C)CC1. The zero-order chi connectivity index (χ0) is 14.1. The molecule has 0 radical (unpaired) electrons. The Balaban J connectivity index is 2.14. The van der Waals surface area contributed by atoms with E-state index in [0.717, 1.165) is 36.8 Å². The lowest BCUT2D eigenvalue weighted by Crippen LogP contribution is -2.42. The summed E-state index contributed by atoms with van der Waals surface area (Å²) in [6, 6.07) is 5.03. The summed E-state index contributed by atoms with van der Waals surface area (Å²) in [5.74, 6) is -0.154. The fourth-order valence-electron chi connectivity index (χ4n) is 3.14. The van der Waals surface area contributed by atoms with Crippen LogP contribution >= 0.6 is 0 Å². The largest absolute Gasteiger partial charge is 0.325 e. The minimum Gasteiger partial charge on any atom is -0.325 e. The number of rotatable bonds is 2. The van der Waals surface area contributed by atoms with Crippen LogP contribution in [0.4, 0.5) is 4.39 Å². The van der Waals surface area contributed by atoms with Crippen molar-refractivity contribution in [2.75, 3.05) is 0 Å². The Hall–Kier alpha value is -0.890. The van der Waals surface area contributed by atoms with Crippen LogP contribution in [0, 0.1) is 18.2 Å². The molecule has 1 aromatic rings. The van der Waals surface area contributed by atoms with E-state index in [-0.39, 0.29) is 11.4 Å². The Kier molecular flexibility index (Phi) is 4.00. The highest BCUT2D eigenvalue weighted by Crippen LogP contribution is 2.38. The predicted molar refractivity (Wildman–Crippen MR) is 78.6 cm³/mol. The van der Waals surface area contributed by atoms with Gasteiger partial charge >= 0.3 is 0 Å². The van der Waals surface area contributed by atoms with Crippen molar-refractivity contribution in [2.24, 2.45) is 11.1 Å². The molecule has 1 atom stereocenters. The molecule has 2 rings (SSSR count). The van der Waals surface area contributed by atoms with E-state index in [9.17, 15) is 4.39 Å².